The Morgan fingerprint density at radius 1 is 1.25 bits per heavy atom. The van der Waals surface area contributed by atoms with Gasteiger partial charge in [-0.05, 0) is 27.7 Å². The highest BCUT2D eigenvalue weighted by Gasteiger charge is 2.38. The monoisotopic (exact) mass is 245 g/mol. The normalized spacial score (nSPS) is 12.4. The van der Waals surface area contributed by atoms with E-state index in [0.29, 0.717) is 17.9 Å². The van der Waals surface area contributed by atoms with Crippen LogP contribution in [0.15, 0.2) is 12.2 Å². The van der Waals surface area contributed by atoms with Gasteiger partial charge in [-0.15, -0.1) is 0 Å². The second kappa shape index (κ2) is 5.18. The SMILES string of the molecule is C=C(C)C(=O)N(C(C)(C)C)P(=O)(CC)CC. The van der Waals surface area contributed by atoms with Gasteiger partial charge >= 0.3 is 0 Å². The Balaban J connectivity index is 5.52. The number of nitrogens with zero attached hydrogens (tertiary/aromatic N) is 1. The van der Waals surface area contributed by atoms with Gasteiger partial charge in [0.05, 0.1) is 0 Å². The second-order valence-corrected chi connectivity index (χ2v) is 8.40. The van der Waals surface area contributed by atoms with Crippen molar-refractivity contribution in [1.82, 2.24) is 4.67 Å². The zero-order valence-electron chi connectivity index (χ0n) is 11.3. The number of carbonyl (C=O) groups excluding carboxylic acids is 1. The summed E-state index contributed by atoms with van der Waals surface area (Å²) in [5, 5.41) is 0. The Labute approximate surface area is 99.3 Å². The lowest BCUT2D eigenvalue weighted by Crippen LogP contribution is -2.44. The van der Waals surface area contributed by atoms with Crippen LogP contribution in [0, 0.1) is 0 Å². The predicted molar refractivity (Wildman–Crippen MR) is 70.1 cm³/mol. The molecule has 94 valence electrons. The van der Waals surface area contributed by atoms with Crippen molar-refractivity contribution in [3.8, 4) is 0 Å². The average molecular weight is 245 g/mol. The average Bonchev–Trinajstić information content (AvgIpc) is 2.15. The fraction of sp³-hybridized carbons (Fsp3) is 0.750. The first-order valence-corrected chi connectivity index (χ1v) is 7.71. The van der Waals surface area contributed by atoms with Gasteiger partial charge in [0, 0.05) is 23.4 Å². The Morgan fingerprint density at radius 2 is 1.62 bits per heavy atom. The zero-order chi connectivity index (χ0) is 13.1. The summed E-state index contributed by atoms with van der Waals surface area (Å²) in [6, 6.07) is 0. The number of rotatable bonds is 4. The molecule has 16 heavy (non-hydrogen) atoms. The number of hydrogen-bond acceptors (Lipinski definition) is 2. The third-order valence-electron chi connectivity index (χ3n) is 2.55. The van der Waals surface area contributed by atoms with E-state index in [0.717, 1.165) is 0 Å². The van der Waals surface area contributed by atoms with E-state index in [2.05, 4.69) is 6.58 Å². The molecular formula is C12H24NO2P. The summed E-state index contributed by atoms with van der Waals surface area (Å²) in [5.74, 6) is -0.195. The smallest absolute Gasteiger partial charge is 0.254 e. The summed E-state index contributed by atoms with van der Waals surface area (Å²) in [6.45, 7) is 14.8. The highest BCUT2D eigenvalue weighted by molar-refractivity contribution is 7.62. The first-order valence-electron chi connectivity index (χ1n) is 5.68. The molecule has 0 saturated carbocycles. The van der Waals surface area contributed by atoms with Crippen LogP contribution in [0.2, 0.25) is 0 Å². The van der Waals surface area contributed by atoms with Gasteiger partial charge in [-0.25, -0.2) is 0 Å². The molecule has 0 radical (unpaired) electrons. The summed E-state index contributed by atoms with van der Waals surface area (Å²) >= 11 is 0. The molecule has 0 aromatic carbocycles. The molecule has 0 bridgehead atoms. The Morgan fingerprint density at radius 3 is 1.81 bits per heavy atom. The molecule has 0 fully saturated rings. The van der Waals surface area contributed by atoms with E-state index in [-0.39, 0.29) is 5.91 Å². The van der Waals surface area contributed by atoms with Crippen LogP contribution >= 0.6 is 7.29 Å². The third kappa shape index (κ3) is 3.21. The van der Waals surface area contributed by atoms with E-state index < -0.39 is 12.8 Å². The number of hydrogen-bond donors (Lipinski definition) is 0. The molecule has 0 aromatic heterocycles. The van der Waals surface area contributed by atoms with E-state index >= 15 is 0 Å². The molecule has 0 aliphatic rings. The van der Waals surface area contributed by atoms with Gasteiger partial charge in [-0.1, -0.05) is 20.4 Å². The van der Waals surface area contributed by atoms with Gasteiger partial charge in [-0.3, -0.25) is 9.46 Å². The van der Waals surface area contributed by atoms with Crippen molar-refractivity contribution in [2.24, 2.45) is 0 Å². The Kier molecular flexibility index (Phi) is 5.00. The van der Waals surface area contributed by atoms with Crippen LogP contribution in [-0.2, 0) is 9.36 Å². The third-order valence-corrected chi connectivity index (χ3v) is 6.03. The lowest BCUT2D eigenvalue weighted by Gasteiger charge is -2.41. The molecule has 0 heterocycles. The first-order chi connectivity index (χ1) is 7.10. The van der Waals surface area contributed by atoms with Gasteiger partial charge in [0.2, 0.25) is 0 Å². The second-order valence-electron chi connectivity index (χ2n) is 5.05. The van der Waals surface area contributed by atoms with Crippen molar-refractivity contribution in [1.29, 1.82) is 0 Å². The van der Waals surface area contributed by atoms with Crippen LogP contribution in [0.4, 0.5) is 0 Å². The minimum absolute atomic E-state index is 0.195. The van der Waals surface area contributed by atoms with Gasteiger partial charge in [0.1, 0.15) is 0 Å². The Bertz CT molecular complexity index is 320. The minimum atomic E-state index is -2.60. The van der Waals surface area contributed by atoms with Crippen molar-refractivity contribution in [3.05, 3.63) is 12.2 Å². The molecule has 0 aromatic rings. The molecule has 3 nitrogen and oxygen atoms in total. The Hall–Kier alpha value is -0.560. The molecule has 0 saturated heterocycles. The van der Waals surface area contributed by atoms with E-state index in [9.17, 15) is 9.36 Å². The van der Waals surface area contributed by atoms with Gasteiger partial charge in [-0.2, -0.15) is 0 Å². The molecule has 0 N–H and O–H groups in total. The molecule has 0 aliphatic carbocycles. The quantitative estimate of drug-likeness (QED) is 0.561. The summed E-state index contributed by atoms with van der Waals surface area (Å²) < 4.78 is 14.3. The fourth-order valence-corrected chi connectivity index (χ4v) is 4.31. The molecule has 0 unspecified atom stereocenters. The molecule has 4 heteroatoms. The molecule has 0 rings (SSSR count). The van der Waals surface area contributed by atoms with Crippen molar-refractivity contribution in [2.45, 2.75) is 47.1 Å². The van der Waals surface area contributed by atoms with E-state index in [1.54, 1.807) is 11.6 Å². The molecule has 0 aliphatic heterocycles. The molecular weight excluding hydrogens is 221 g/mol. The van der Waals surface area contributed by atoms with Crippen molar-refractivity contribution >= 4 is 13.2 Å². The van der Waals surface area contributed by atoms with Crippen LogP contribution < -0.4 is 0 Å². The minimum Gasteiger partial charge on any atom is -0.300 e. The van der Waals surface area contributed by atoms with E-state index in [1.807, 2.05) is 34.6 Å². The maximum absolute atomic E-state index is 12.7. The van der Waals surface area contributed by atoms with Crippen molar-refractivity contribution < 1.29 is 9.36 Å². The van der Waals surface area contributed by atoms with E-state index in [4.69, 9.17) is 0 Å². The van der Waals surface area contributed by atoms with Crippen LogP contribution in [0.1, 0.15) is 41.5 Å². The first kappa shape index (κ1) is 15.4. The van der Waals surface area contributed by atoms with Gasteiger partial charge in [0.25, 0.3) is 5.91 Å². The van der Waals surface area contributed by atoms with Gasteiger partial charge < -0.3 is 4.57 Å². The van der Waals surface area contributed by atoms with Crippen LogP contribution in [0.5, 0.6) is 0 Å². The lowest BCUT2D eigenvalue weighted by atomic mass is 10.1. The van der Waals surface area contributed by atoms with Crippen LogP contribution in [0.3, 0.4) is 0 Å². The maximum atomic E-state index is 12.7. The van der Waals surface area contributed by atoms with E-state index in [1.165, 1.54) is 0 Å². The largest absolute Gasteiger partial charge is 0.300 e. The topological polar surface area (TPSA) is 37.4 Å². The number of amides is 1. The van der Waals surface area contributed by atoms with Crippen molar-refractivity contribution in [2.75, 3.05) is 12.3 Å². The summed E-state index contributed by atoms with van der Waals surface area (Å²) in [5.41, 5.74) is 0.00876. The molecule has 0 atom stereocenters. The van der Waals surface area contributed by atoms with Crippen LogP contribution in [0.25, 0.3) is 0 Å². The summed E-state index contributed by atoms with van der Waals surface area (Å²) in [7, 11) is -2.60. The highest BCUT2D eigenvalue weighted by Crippen LogP contribution is 2.53. The standard InChI is InChI=1S/C12H24NO2P/c1-8-16(15,9-2)13(12(5,6)7)11(14)10(3)4/h3,8-9H2,1-2,4-7H3. The predicted octanol–water partition coefficient (Wildman–Crippen LogP) is 3.51. The maximum Gasteiger partial charge on any atom is 0.254 e. The van der Waals surface area contributed by atoms with Crippen LogP contribution in [-0.4, -0.2) is 28.4 Å². The fourth-order valence-electron chi connectivity index (χ4n) is 1.70. The van der Waals surface area contributed by atoms with Crippen molar-refractivity contribution in [3.63, 3.8) is 0 Å². The highest BCUT2D eigenvalue weighted by atomic mass is 31.2. The summed E-state index contributed by atoms with van der Waals surface area (Å²) in [4.78, 5) is 12.1. The van der Waals surface area contributed by atoms with Gasteiger partial charge in [0.15, 0.2) is 7.29 Å². The summed E-state index contributed by atoms with van der Waals surface area (Å²) in [6.07, 6.45) is 1.03. The number of carbonyl (C=O) groups is 1. The molecule has 1 amide bonds. The molecule has 0 spiro atoms. The lowest BCUT2D eigenvalue weighted by molar-refractivity contribution is -0.125. The zero-order valence-corrected chi connectivity index (χ0v) is 12.2.